The summed E-state index contributed by atoms with van der Waals surface area (Å²) in [6.07, 6.45) is 1.39. The van der Waals surface area contributed by atoms with E-state index in [1.54, 1.807) is 0 Å². The molecule has 1 atom stereocenters. The first kappa shape index (κ1) is 21.7. The van der Waals surface area contributed by atoms with Gasteiger partial charge in [-0.1, -0.05) is 50.2 Å². The van der Waals surface area contributed by atoms with Gasteiger partial charge in [0.25, 0.3) is 0 Å². The second-order valence-electron chi connectivity index (χ2n) is 7.75. The van der Waals surface area contributed by atoms with Gasteiger partial charge < -0.3 is 15.3 Å². The van der Waals surface area contributed by atoms with E-state index in [2.05, 4.69) is 5.43 Å². The van der Waals surface area contributed by atoms with Crippen LogP contribution >= 0.6 is 0 Å². The van der Waals surface area contributed by atoms with Crippen LogP contribution in [0.25, 0.3) is 0 Å². The van der Waals surface area contributed by atoms with Gasteiger partial charge in [-0.25, -0.2) is 10.4 Å². The summed E-state index contributed by atoms with van der Waals surface area (Å²) in [5.41, 5.74) is 13.9. The second kappa shape index (κ2) is 9.69. The lowest BCUT2D eigenvalue weighted by Crippen LogP contribution is -2.41. The maximum absolute atomic E-state index is 12.1. The van der Waals surface area contributed by atoms with Gasteiger partial charge in [0.1, 0.15) is 24.7 Å². The molecule has 0 spiro atoms. The molecule has 3 rings (SSSR count). The maximum Gasteiger partial charge on any atom is 0.237 e. The monoisotopic (exact) mass is 407 g/mol. The van der Waals surface area contributed by atoms with Crippen LogP contribution in [0.3, 0.4) is 0 Å². The van der Waals surface area contributed by atoms with Crippen molar-refractivity contribution in [1.29, 1.82) is 0 Å². The van der Waals surface area contributed by atoms with E-state index in [4.69, 9.17) is 10.5 Å². The van der Waals surface area contributed by atoms with Crippen molar-refractivity contribution >= 4 is 12.2 Å². The molecule has 1 heterocycles. The average Bonchev–Trinajstić information content (AvgIpc) is 3.12. The highest BCUT2D eigenvalue weighted by molar-refractivity contribution is 5.78. The number of ether oxygens (including phenoxy) is 1. The molecule has 0 bridgehead atoms. The molecule has 1 aliphatic rings. The van der Waals surface area contributed by atoms with Gasteiger partial charge in [0.05, 0.1) is 0 Å². The van der Waals surface area contributed by atoms with E-state index in [9.17, 15) is 9.59 Å². The zero-order valence-electron chi connectivity index (χ0n) is 17.7. The van der Waals surface area contributed by atoms with Crippen LogP contribution in [-0.2, 0) is 29.2 Å². The van der Waals surface area contributed by atoms with Crippen molar-refractivity contribution in [3.63, 3.8) is 0 Å². The number of nitrogens with one attached hydrogen (secondary N) is 1. The standard InChI is InChI=1S/C24H29N3O3/c1-16(2)24-22(23(14-28)26-27(24)17(3)29)12-19-9-10-21(11-20(19)13-25)30-15-18-7-5-4-6-8-18/h4-11,14,16,23,26H,12-13,15,25H2,1-3H3. The van der Waals surface area contributed by atoms with Crippen molar-refractivity contribution < 1.29 is 14.3 Å². The zero-order chi connectivity index (χ0) is 21.7. The maximum atomic E-state index is 12.1. The first-order chi connectivity index (χ1) is 14.4. The number of rotatable bonds is 8. The number of carbonyl (C=O) groups is 2. The van der Waals surface area contributed by atoms with E-state index >= 15 is 0 Å². The van der Waals surface area contributed by atoms with Crippen LogP contribution in [-0.4, -0.2) is 23.2 Å². The van der Waals surface area contributed by atoms with Crippen LogP contribution in [0.15, 0.2) is 59.8 Å². The summed E-state index contributed by atoms with van der Waals surface area (Å²) < 4.78 is 5.92. The van der Waals surface area contributed by atoms with E-state index in [-0.39, 0.29) is 11.8 Å². The smallest absolute Gasteiger partial charge is 0.237 e. The Kier molecular flexibility index (Phi) is 7.03. The molecule has 2 aromatic carbocycles. The van der Waals surface area contributed by atoms with Crippen molar-refractivity contribution in [3.8, 4) is 5.75 Å². The van der Waals surface area contributed by atoms with E-state index in [0.717, 1.165) is 40.0 Å². The van der Waals surface area contributed by atoms with Gasteiger partial charge in [0.2, 0.25) is 5.91 Å². The van der Waals surface area contributed by atoms with Crippen LogP contribution in [0.5, 0.6) is 5.75 Å². The molecule has 6 heteroatoms. The van der Waals surface area contributed by atoms with Gasteiger partial charge in [0, 0.05) is 19.2 Å². The van der Waals surface area contributed by atoms with Gasteiger partial charge in [-0.05, 0) is 46.7 Å². The van der Waals surface area contributed by atoms with Crippen LogP contribution in [0.1, 0.15) is 37.5 Å². The van der Waals surface area contributed by atoms with E-state index in [1.165, 1.54) is 11.9 Å². The molecule has 0 saturated heterocycles. The molecule has 0 aliphatic carbocycles. The fraction of sp³-hybridized carbons (Fsp3) is 0.333. The second-order valence-corrected chi connectivity index (χ2v) is 7.75. The highest BCUT2D eigenvalue weighted by Gasteiger charge is 2.34. The summed E-state index contributed by atoms with van der Waals surface area (Å²) in [7, 11) is 0. The van der Waals surface area contributed by atoms with Crippen LogP contribution < -0.4 is 15.9 Å². The van der Waals surface area contributed by atoms with E-state index in [1.807, 2.05) is 62.4 Å². The minimum absolute atomic E-state index is 0.0937. The number of benzene rings is 2. The molecular formula is C24H29N3O3. The predicted octanol–water partition coefficient (Wildman–Crippen LogP) is 3.11. The Balaban J connectivity index is 1.85. The molecule has 3 N–H and O–H groups in total. The Morgan fingerprint density at radius 1 is 1.20 bits per heavy atom. The van der Waals surface area contributed by atoms with Crippen molar-refractivity contribution in [2.75, 3.05) is 0 Å². The highest BCUT2D eigenvalue weighted by Crippen LogP contribution is 2.31. The number of hydrogen-bond donors (Lipinski definition) is 2. The van der Waals surface area contributed by atoms with Crippen molar-refractivity contribution in [3.05, 3.63) is 76.5 Å². The van der Waals surface area contributed by atoms with Crippen LogP contribution in [0, 0.1) is 5.92 Å². The Morgan fingerprint density at radius 3 is 2.53 bits per heavy atom. The molecule has 6 nitrogen and oxygen atoms in total. The third-order valence-electron chi connectivity index (χ3n) is 5.24. The minimum atomic E-state index is -0.522. The fourth-order valence-corrected chi connectivity index (χ4v) is 3.79. The molecule has 158 valence electrons. The van der Waals surface area contributed by atoms with E-state index in [0.29, 0.717) is 19.6 Å². The summed E-state index contributed by atoms with van der Waals surface area (Å²) in [4.78, 5) is 23.7. The zero-order valence-corrected chi connectivity index (χ0v) is 17.7. The third-order valence-corrected chi connectivity index (χ3v) is 5.24. The Hall–Kier alpha value is -2.96. The molecular weight excluding hydrogens is 378 g/mol. The number of carbonyl (C=O) groups excluding carboxylic acids is 2. The molecule has 1 aliphatic heterocycles. The molecule has 1 amide bonds. The minimum Gasteiger partial charge on any atom is -0.489 e. The Labute approximate surface area is 177 Å². The fourth-order valence-electron chi connectivity index (χ4n) is 3.79. The number of hydrazine groups is 1. The Bertz CT molecular complexity index is 938. The molecule has 2 aromatic rings. The van der Waals surface area contributed by atoms with Gasteiger partial charge in [-0.2, -0.15) is 0 Å². The molecule has 0 aromatic heterocycles. The summed E-state index contributed by atoms with van der Waals surface area (Å²) >= 11 is 0. The molecule has 30 heavy (non-hydrogen) atoms. The SMILES string of the molecule is CC(=O)N1NC(C=O)C(Cc2ccc(OCc3ccccc3)cc2CN)=C1C(C)C. The lowest BCUT2D eigenvalue weighted by Gasteiger charge is -2.21. The lowest BCUT2D eigenvalue weighted by atomic mass is 9.92. The number of nitrogens with two attached hydrogens (primary N) is 1. The normalized spacial score (nSPS) is 16.3. The van der Waals surface area contributed by atoms with E-state index < -0.39 is 6.04 Å². The summed E-state index contributed by atoms with van der Waals surface area (Å²) in [6.45, 7) is 6.37. The molecule has 0 fully saturated rings. The van der Waals surface area contributed by atoms with Crippen LogP contribution in [0.2, 0.25) is 0 Å². The summed E-state index contributed by atoms with van der Waals surface area (Å²) in [6, 6.07) is 15.3. The van der Waals surface area contributed by atoms with Gasteiger partial charge in [-0.15, -0.1) is 0 Å². The van der Waals surface area contributed by atoms with Crippen molar-refractivity contribution in [2.24, 2.45) is 11.7 Å². The number of allylic oxidation sites excluding steroid dienone is 1. The van der Waals surface area contributed by atoms with Crippen LogP contribution in [0.4, 0.5) is 0 Å². The topological polar surface area (TPSA) is 84.7 Å². The number of hydrogen-bond acceptors (Lipinski definition) is 5. The lowest BCUT2D eigenvalue weighted by molar-refractivity contribution is -0.129. The summed E-state index contributed by atoms with van der Waals surface area (Å²) in [5, 5.41) is 1.50. The molecule has 0 radical (unpaired) electrons. The predicted molar refractivity (Wildman–Crippen MR) is 116 cm³/mol. The number of amides is 1. The summed E-state index contributed by atoms with van der Waals surface area (Å²) in [5.74, 6) is 0.711. The quantitative estimate of drug-likeness (QED) is 0.657. The average molecular weight is 408 g/mol. The molecule has 0 saturated carbocycles. The Morgan fingerprint density at radius 2 is 1.93 bits per heavy atom. The largest absolute Gasteiger partial charge is 0.489 e. The van der Waals surface area contributed by atoms with Gasteiger partial charge >= 0.3 is 0 Å². The first-order valence-corrected chi connectivity index (χ1v) is 10.2. The molecule has 1 unspecified atom stereocenters. The third kappa shape index (κ3) is 4.78. The number of aldehydes is 1. The van der Waals surface area contributed by atoms with Crippen molar-refractivity contribution in [1.82, 2.24) is 10.4 Å². The number of nitrogens with zero attached hydrogens (tertiary/aromatic N) is 1. The van der Waals surface area contributed by atoms with Gasteiger partial charge in [0.15, 0.2) is 0 Å². The van der Waals surface area contributed by atoms with Crippen molar-refractivity contribution in [2.45, 2.75) is 46.4 Å². The highest BCUT2D eigenvalue weighted by atomic mass is 16.5. The van der Waals surface area contributed by atoms with Gasteiger partial charge in [-0.3, -0.25) is 4.79 Å². The first-order valence-electron chi connectivity index (χ1n) is 10.2.